The van der Waals surface area contributed by atoms with Crippen molar-refractivity contribution >= 4 is 44.8 Å². The van der Waals surface area contributed by atoms with Crippen LogP contribution in [0.4, 0.5) is 0 Å². The van der Waals surface area contributed by atoms with Crippen molar-refractivity contribution in [1.82, 2.24) is 0 Å². The van der Waals surface area contributed by atoms with Crippen molar-refractivity contribution in [2.45, 2.75) is 67.7 Å². The average molecular weight is 738 g/mol. The van der Waals surface area contributed by atoms with E-state index in [1.165, 1.54) is 64.5 Å². The molecule has 0 heterocycles. The quantitative estimate of drug-likeness (QED) is 0.236. The van der Waals surface area contributed by atoms with Crippen LogP contribution >= 0.6 is 24.4 Å². The van der Waals surface area contributed by atoms with Crippen molar-refractivity contribution in [2.75, 3.05) is 0 Å². The van der Waals surface area contributed by atoms with Gasteiger partial charge in [-0.3, -0.25) is 0 Å². The molecular weight excluding hydrogens is 705 g/mol. The summed E-state index contributed by atoms with van der Waals surface area (Å²) in [7, 11) is 0. The summed E-state index contributed by atoms with van der Waals surface area (Å²) >= 11 is 5.97. The molecule has 3 heteroatoms. The zero-order valence-corrected chi connectivity index (χ0v) is 26.8. The Labute approximate surface area is 208 Å². The van der Waals surface area contributed by atoms with E-state index in [0.29, 0.717) is 0 Å². The van der Waals surface area contributed by atoms with Gasteiger partial charge in [-0.2, -0.15) is 0 Å². The molecule has 0 saturated heterocycles. The van der Waals surface area contributed by atoms with Crippen LogP contribution in [0.5, 0.6) is 0 Å². The van der Waals surface area contributed by atoms with Crippen LogP contribution in [0.1, 0.15) is 59.7 Å². The molecule has 0 aliphatic heterocycles. The van der Waals surface area contributed by atoms with Gasteiger partial charge in [0.2, 0.25) is 0 Å². The SMILES string of the molecule is Cc1cc(C)c(-c2cc(C(C)(C)C)cc(-c3c(C)cc(C)cc3C)[c]2[Bi]([Br])[Br])c(C)c1. The van der Waals surface area contributed by atoms with Crippen molar-refractivity contribution in [2.24, 2.45) is 0 Å². The molecule has 0 aromatic heterocycles. The van der Waals surface area contributed by atoms with E-state index in [9.17, 15) is 0 Å². The van der Waals surface area contributed by atoms with Crippen LogP contribution in [-0.4, -0.2) is 17.1 Å². The number of benzene rings is 3. The van der Waals surface area contributed by atoms with Crippen LogP contribution in [0.2, 0.25) is 0 Å². The van der Waals surface area contributed by atoms with Crippen molar-refractivity contribution in [1.29, 1.82) is 0 Å². The van der Waals surface area contributed by atoms with Gasteiger partial charge in [0.1, 0.15) is 0 Å². The summed E-state index contributed by atoms with van der Waals surface area (Å²) in [5.41, 5.74) is 15.2. The number of rotatable bonds is 3. The Balaban J connectivity index is 2.53. The molecule has 0 radical (unpaired) electrons. The Kier molecular flexibility index (Phi) is 7.62. The molecule has 31 heavy (non-hydrogen) atoms. The molecule has 0 saturated carbocycles. The molecule has 3 rings (SSSR count). The third-order valence-electron chi connectivity index (χ3n) is 6.04. The fourth-order valence-corrected chi connectivity index (χ4v) is 14.3. The molecule has 3 aromatic rings. The van der Waals surface area contributed by atoms with E-state index in [4.69, 9.17) is 0 Å². The molecule has 3 aromatic carbocycles. The molecule has 0 aliphatic rings. The van der Waals surface area contributed by atoms with Gasteiger partial charge < -0.3 is 0 Å². The Morgan fingerprint density at radius 1 is 0.581 bits per heavy atom. The molecule has 0 atom stereocenters. The second-order valence-electron chi connectivity index (χ2n) is 9.95. The number of halogens is 2. The van der Waals surface area contributed by atoms with Crippen LogP contribution < -0.4 is 3.27 Å². The molecule has 164 valence electrons. The fourth-order valence-electron chi connectivity index (χ4n) is 4.84. The van der Waals surface area contributed by atoms with Crippen LogP contribution in [0.3, 0.4) is 0 Å². The molecule has 0 bridgehead atoms. The van der Waals surface area contributed by atoms with E-state index < -0.39 is 17.1 Å². The molecular formula is C28H33BiBr2. The Morgan fingerprint density at radius 2 is 0.903 bits per heavy atom. The van der Waals surface area contributed by atoms with Crippen LogP contribution in [-0.2, 0) is 5.41 Å². The summed E-state index contributed by atoms with van der Waals surface area (Å²) in [6.07, 6.45) is 0. The van der Waals surface area contributed by atoms with Crippen molar-refractivity contribution < 1.29 is 0 Å². The first-order chi connectivity index (χ1) is 14.3. The first-order valence-corrected chi connectivity index (χ1v) is 27.6. The van der Waals surface area contributed by atoms with Crippen LogP contribution in [0.25, 0.3) is 22.3 Å². The number of hydrogen-bond acceptors (Lipinski definition) is 0. The Hall–Kier alpha value is -0.497. The third kappa shape index (κ3) is 5.20. The fraction of sp³-hybridized carbons (Fsp3) is 0.357. The minimum atomic E-state index is -2.23. The second-order valence-corrected chi connectivity index (χ2v) is 34.3. The summed E-state index contributed by atoms with van der Waals surface area (Å²) < 4.78 is 1.51. The molecule has 0 amide bonds. The maximum absolute atomic E-state index is 4.10. The summed E-state index contributed by atoms with van der Waals surface area (Å²) in [5.74, 6) is 0. The molecule has 0 spiro atoms. The molecule has 0 fully saturated rings. The van der Waals surface area contributed by atoms with E-state index in [-0.39, 0.29) is 5.41 Å². The van der Waals surface area contributed by atoms with E-state index >= 15 is 0 Å². The first kappa shape index (κ1) is 25.1. The number of aryl methyl sites for hydroxylation is 6. The van der Waals surface area contributed by atoms with Crippen LogP contribution in [0.15, 0.2) is 36.4 Å². The average Bonchev–Trinajstić information content (AvgIpc) is 2.58. The molecule has 0 aliphatic carbocycles. The third-order valence-corrected chi connectivity index (χ3v) is 15.4. The van der Waals surface area contributed by atoms with E-state index in [2.05, 4.69) is 123 Å². The van der Waals surface area contributed by atoms with Gasteiger partial charge in [0, 0.05) is 0 Å². The zero-order chi connectivity index (χ0) is 23.2. The molecule has 0 N–H and O–H groups in total. The molecule has 0 nitrogen and oxygen atoms in total. The van der Waals surface area contributed by atoms with Gasteiger partial charge in [0.05, 0.1) is 0 Å². The predicted octanol–water partition coefficient (Wildman–Crippen LogP) is 8.65. The predicted molar refractivity (Wildman–Crippen MR) is 148 cm³/mol. The van der Waals surface area contributed by atoms with Gasteiger partial charge in [-0.1, -0.05) is 0 Å². The zero-order valence-electron chi connectivity index (χ0n) is 20.2. The van der Waals surface area contributed by atoms with Gasteiger partial charge in [0.15, 0.2) is 0 Å². The Bertz CT molecular complexity index is 1030. The van der Waals surface area contributed by atoms with Gasteiger partial charge in [0.25, 0.3) is 0 Å². The summed E-state index contributed by atoms with van der Waals surface area (Å²) in [5, 5.41) is 0. The topological polar surface area (TPSA) is 0 Å². The van der Waals surface area contributed by atoms with Gasteiger partial charge in [-0.05, 0) is 0 Å². The van der Waals surface area contributed by atoms with E-state index in [1.807, 2.05) is 0 Å². The minimum absolute atomic E-state index is 0.0734. The van der Waals surface area contributed by atoms with Crippen molar-refractivity contribution in [3.8, 4) is 22.3 Å². The normalized spacial score (nSPS) is 12.0. The molecule has 0 unspecified atom stereocenters. The van der Waals surface area contributed by atoms with E-state index in [1.54, 1.807) is 0 Å². The van der Waals surface area contributed by atoms with Gasteiger partial charge in [-0.25, -0.2) is 0 Å². The summed E-state index contributed by atoms with van der Waals surface area (Å²) in [6.45, 7) is 20.4. The number of hydrogen-bond donors (Lipinski definition) is 0. The standard InChI is InChI=1S/C28H33.Bi.2BrH/c1-17-10-19(3)26(20(4)11-17)23-14-24(16-25(15-23)28(7,8)9)27-21(5)12-18(2)13-22(27)6;;;/h10-13,15-16H,1-9H3;;2*1H/q;+2;;/p-2. The van der Waals surface area contributed by atoms with Crippen LogP contribution in [0, 0.1) is 41.5 Å². The van der Waals surface area contributed by atoms with E-state index in [0.717, 1.165) is 0 Å². The van der Waals surface area contributed by atoms with Crippen molar-refractivity contribution in [3.63, 3.8) is 0 Å². The Morgan fingerprint density at radius 3 is 1.16 bits per heavy atom. The monoisotopic (exact) mass is 736 g/mol. The summed E-state index contributed by atoms with van der Waals surface area (Å²) in [4.78, 5) is 0. The van der Waals surface area contributed by atoms with Crippen molar-refractivity contribution in [3.05, 3.63) is 75.3 Å². The summed E-state index contributed by atoms with van der Waals surface area (Å²) in [6, 6.07) is 14.2. The van der Waals surface area contributed by atoms with Gasteiger partial charge in [-0.15, -0.1) is 0 Å². The van der Waals surface area contributed by atoms with Gasteiger partial charge >= 0.3 is 210 Å². The first-order valence-electron chi connectivity index (χ1n) is 10.8. The second kappa shape index (κ2) is 9.40. The maximum atomic E-state index is 4.10.